The fourth-order valence-electron chi connectivity index (χ4n) is 3.72. The SMILES string of the molecule is COc1cc2c(cc1OC)C(C(Cl)Cl)c1cc(OC)c(OC)cc1C2C. The summed E-state index contributed by atoms with van der Waals surface area (Å²) in [6, 6.07) is 7.93. The first-order chi connectivity index (χ1) is 12.5. The van der Waals surface area contributed by atoms with Crippen LogP contribution in [0, 0.1) is 0 Å². The van der Waals surface area contributed by atoms with Gasteiger partial charge in [0.15, 0.2) is 23.0 Å². The smallest absolute Gasteiger partial charge is 0.161 e. The van der Waals surface area contributed by atoms with E-state index in [4.69, 9.17) is 42.1 Å². The summed E-state index contributed by atoms with van der Waals surface area (Å²) in [4.78, 5) is -0.629. The Morgan fingerprint density at radius 1 is 0.654 bits per heavy atom. The molecule has 0 atom stereocenters. The molecule has 140 valence electrons. The van der Waals surface area contributed by atoms with Gasteiger partial charge in [-0.05, 0) is 46.5 Å². The van der Waals surface area contributed by atoms with E-state index >= 15 is 0 Å². The molecule has 0 unspecified atom stereocenters. The van der Waals surface area contributed by atoms with Crippen molar-refractivity contribution in [3.8, 4) is 23.0 Å². The Balaban J connectivity index is 2.29. The maximum atomic E-state index is 6.42. The van der Waals surface area contributed by atoms with Gasteiger partial charge in [0.1, 0.15) is 4.84 Å². The largest absolute Gasteiger partial charge is 0.493 e. The molecule has 0 aliphatic heterocycles. The number of alkyl halides is 2. The van der Waals surface area contributed by atoms with Gasteiger partial charge < -0.3 is 18.9 Å². The third kappa shape index (κ3) is 2.95. The van der Waals surface area contributed by atoms with E-state index in [-0.39, 0.29) is 11.8 Å². The average molecular weight is 397 g/mol. The second kappa shape index (κ2) is 7.45. The van der Waals surface area contributed by atoms with Crippen molar-refractivity contribution < 1.29 is 18.9 Å². The summed E-state index contributed by atoms with van der Waals surface area (Å²) in [5.74, 6) is 2.58. The van der Waals surface area contributed by atoms with Gasteiger partial charge in [0, 0.05) is 11.8 Å². The van der Waals surface area contributed by atoms with Crippen molar-refractivity contribution in [3.63, 3.8) is 0 Å². The van der Waals surface area contributed by atoms with E-state index in [0.717, 1.165) is 22.3 Å². The highest BCUT2D eigenvalue weighted by Gasteiger charge is 2.36. The van der Waals surface area contributed by atoms with Gasteiger partial charge in [0.2, 0.25) is 0 Å². The molecule has 4 nitrogen and oxygen atoms in total. The maximum Gasteiger partial charge on any atom is 0.161 e. The molecule has 0 aromatic heterocycles. The number of rotatable bonds is 5. The first kappa shape index (κ1) is 19.0. The average Bonchev–Trinajstić information content (AvgIpc) is 2.65. The van der Waals surface area contributed by atoms with Gasteiger partial charge in [-0.15, -0.1) is 23.2 Å². The van der Waals surface area contributed by atoms with E-state index < -0.39 is 4.84 Å². The number of fused-ring (bicyclic) bond motifs is 2. The Bertz CT molecular complexity index is 756. The fourth-order valence-corrected chi connectivity index (χ4v) is 4.26. The number of methoxy groups -OCH3 is 4. The second-order valence-corrected chi connectivity index (χ2v) is 7.37. The summed E-state index contributed by atoms with van der Waals surface area (Å²) in [5, 5.41) is 0. The molecule has 0 radical (unpaired) electrons. The molecule has 0 heterocycles. The predicted octanol–water partition coefficient (Wildman–Crippen LogP) is 5.12. The maximum absolute atomic E-state index is 6.42. The minimum absolute atomic E-state index is 0.114. The monoisotopic (exact) mass is 396 g/mol. The topological polar surface area (TPSA) is 36.9 Å². The lowest BCUT2D eigenvalue weighted by molar-refractivity contribution is 0.352. The lowest BCUT2D eigenvalue weighted by Crippen LogP contribution is -2.21. The number of hydrogen-bond donors (Lipinski definition) is 0. The van der Waals surface area contributed by atoms with Crippen molar-refractivity contribution in [1.29, 1.82) is 0 Å². The van der Waals surface area contributed by atoms with Crippen molar-refractivity contribution in [3.05, 3.63) is 46.5 Å². The van der Waals surface area contributed by atoms with Gasteiger partial charge in [0.25, 0.3) is 0 Å². The molecule has 0 spiro atoms. The highest BCUT2D eigenvalue weighted by Crippen LogP contribution is 2.51. The van der Waals surface area contributed by atoms with Gasteiger partial charge in [-0.3, -0.25) is 0 Å². The number of halogens is 2. The van der Waals surface area contributed by atoms with Crippen LogP contribution in [0.2, 0.25) is 0 Å². The molecule has 0 amide bonds. The van der Waals surface area contributed by atoms with Crippen LogP contribution in [-0.4, -0.2) is 33.3 Å². The lowest BCUT2D eigenvalue weighted by atomic mass is 9.73. The molecule has 2 aromatic carbocycles. The molecule has 3 rings (SSSR count). The third-order valence-electron chi connectivity index (χ3n) is 5.03. The van der Waals surface area contributed by atoms with Crippen molar-refractivity contribution in [2.24, 2.45) is 0 Å². The Hall–Kier alpha value is -1.78. The molecule has 0 N–H and O–H groups in total. The first-order valence-corrected chi connectivity index (χ1v) is 9.13. The molecular weight excluding hydrogens is 375 g/mol. The van der Waals surface area contributed by atoms with E-state index in [0.29, 0.717) is 23.0 Å². The summed E-state index contributed by atoms with van der Waals surface area (Å²) in [6.07, 6.45) is 0. The molecule has 26 heavy (non-hydrogen) atoms. The van der Waals surface area contributed by atoms with Crippen LogP contribution in [0.5, 0.6) is 23.0 Å². The Labute approximate surface area is 163 Å². The summed E-state index contributed by atoms with van der Waals surface area (Å²) >= 11 is 12.8. The number of hydrogen-bond acceptors (Lipinski definition) is 4. The van der Waals surface area contributed by atoms with E-state index in [9.17, 15) is 0 Å². The van der Waals surface area contributed by atoms with Gasteiger partial charge in [-0.2, -0.15) is 0 Å². The van der Waals surface area contributed by atoms with E-state index in [2.05, 4.69) is 6.92 Å². The molecule has 6 heteroatoms. The lowest BCUT2D eigenvalue weighted by Gasteiger charge is -2.34. The highest BCUT2D eigenvalue weighted by atomic mass is 35.5. The quantitative estimate of drug-likeness (QED) is 0.657. The fraction of sp³-hybridized carbons (Fsp3) is 0.400. The van der Waals surface area contributed by atoms with Gasteiger partial charge >= 0.3 is 0 Å². The van der Waals surface area contributed by atoms with E-state index in [1.165, 1.54) is 0 Å². The van der Waals surface area contributed by atoms with Crippen LogP contribution in [0.15, 0.2) is 24.3 Å². The number of ether oxygens (including phenoxy) is 4. The Kier molecular flexibility index (Phi) is 5.44. The molecule has 0 saturated heterocycles. The van der Waals surface area contributed by atoms with E-state index in [1.807, 2.05) is 24.3 Å². The van der Waals surface area contributed by atoms with Crippen molar-refractivity contribution in [1.82, 2.24) is 0 Å². The normalized spacial score (nSPS) is 18.2. The Morgan fingerprint density at radius 2 is 0.962 bits per heavy atom. The van der Waals surface area contributed by atoms with Crippen LogP contribution >= 0.6 is 23.2 Å². The zero-order valence-corrected chi connectivity index (χ0v) is 16.9. The molecule has 1 aliphatic rings. The third-order valence-corrected chi connectivity index (χ3v) is 5.54. The molecule has 2 aromatic rings. The highest BCUT2D eigenvalue weighted by molar-refractivity contribution is 6.45. The van der Waals surface area contributed by atoms with Crippen LogP contribution in [-0.2, 0) is 0 Å². The zero-order valence-electron chi connectivity index (χ0n) is 15.4. The van der Waals surface area contributed by atoms with Crippen LogP contribution in [0.3, 0.4) is 0 Å². The second-order valence-electron chi connectivity index (χ2n) is 6.21. The van der Waals surface area contributed by atoms with Crippen LogP contribution < -0.4 is 18.9 Å². The van der Waals surface area contributed by atoms with Crippen LogP contribution in [0.4, 0.5) is 0 Å². The van der Waals surface area contributed by atoms with Crippen molar-refractivity contribution in [2.75, 3.05) is 28.4 Å². The summed E-state index contributed by atoms with van der Waals surface area (Å²) in [6.45, 7) is 2.14. The summed E-state index contributed by atoms with van der Waals surface area (Å²) in [7, 11) is 6.49. The van der Waals surface area contributed by atoms with Gasteiger partial charge in [-0.25, -0.2) is 0 Å². The van der Waals surface area contributed by atoms with Crippen LogP contribution in [0.1, 0.15) is 41.0 Å². The van der Waals surface area contributed by atoms with Crippen LogP contribution in [0.25, 0.3) is 0 Å². The summed E-state index contributed by atoms with van der Waals surface area (Å²) in [5.41, 5.74) is 4.28. The zero-order chi connectivity index (χ0) is 19.0. The molecular formula is C20H22Cl2O4. The Morgan fingerprint density at radius 3 is 1.23 bits per heavy atom. The predicted molar refractivity (Wildman–Crippen MR) is 104 cm³/mol. The molecule has 1 aliphatic carbocycles. The molecule has 0 fully saturated rings. The molecule has 0 saturated carbocycles. The van der Waals surface area contributed by atoms with Crippen molar-refractivity contribution in [2.45, 2.75) is 23.6 Å². The first-order valence-electron chi connectivity index (χ1n) is 8.26. The van der Waals surface area contributed by atoms with E-state index in [1.54, 1.807) is 28.4 Å². The molecule has 0 bridgehead atoms. The number of benzene rings is 2. The summed E-state index contributed by atoms with van der Waals surface area (Å²) < 4.78 is 21.9. The van der Waals surface area contributed by atoms with Crippen molar-refractivity contribution >= 4 is 23.2 Å². The van der Waals surface area contributed by atoms with Gasteiger partial charge in [0.05, 0.1) is 28.4 Å². The standard InChI is InChI=1S/C20H22Cl2O4/c1-10-11-6-15(23-2)17(25-4)8-13(11)19(20(21)22)14-9-18(26-5)16(24-3)7-12(10)14/h6-10,19-20H,1-5H3. The van der Waals surface area contributed by atoms with Gasteiger partial charge in [-0.1, -0.05) is 6.92 Å². The minimum Gasteiger partial charge on any atom is -0.493 e. The minimum atomic E-state index is -0.629.